The first-order valence-electron chi connectivity index (χ1n) is 3.52. The zero-order valence-corrected chi connectivity index (χ0v) is 6.39. The molecule has 1 aliphatic rings. The van der Waals surface area contributed by atoms with Crippen molar-refractivity contribution in [3.8, 4) is 0 Å². The maximum absolute atomic E-state index is 10.6. The van der Waals surface area contributed by atoms with Gasteiger partial charge in [0.25, 0.3) is 0 Å². The van der Waals surface area contributed by atoms with Crippen LogP contribution in [0.25, 0.3) is 0 Å². The normalized spacial score (nSPS) is 28.6. The van der Waals surface area contributed by atoms with Crippen LogP contribution in [0.2, 0.25) is 0 Å². The molecule has 0 aromatic rings. The number of ether oxygens (including phenoxy) is 1. The summed E-state index contributed by atoms with van der Waals surface area (Å²) in [6.45, 7) is 4.42. The Hall–Kier alpha value is -0.790. The SMILES string of the molecule is CC(=O)/C=C1/CC(C)CO1. The van der Waals surface area contributed by atoms with Gasteiger partial charge in [0.1, 0.15) is 0 Å². The van der Waals surface area contributed by atoms with Gasteiger partial charge in [-0.3, -0.25) is 4.79 Å². The van der Waals surface area contributed by atoms with E-state index in [1.807, 2.05) is 0 Å². The third-order valence-corrected chi connectivity index (χ3v) is 1.47. The standard InChI is InChI=1S/C8H12O2/c1-6-3-8(10-5-6)4-7(2)9/h4,6H,3,5H2,1-2H3/b8-4-. The van der Waals surface area contributed by atoms with Crippen molar-refractivity contribution in [2.75, 3.05) is 6.61 Å². The fraction of sp³-hybridized carbons (Fsp3) is 0.625. The van der Waals surface area contributed by atoms with Crippen LogP contribution in [-0.2, 0) is 9.53 Å². The van der Waals surface area contributed by atoms with E-state index in [1.165, 1.54) is 0 Å². The van der Waals surface area contributed by atoms with Gasteiger partial charge in [-0.1, -0.05) is 6.92 Å². The second-order valence-electron chi connectivity index (χ2n) is 2.84. The van der Waals surface area contributed by atoms with E-state index in [1.54, 1.807) is 13.0 Å². The summed E-state index contributed by atoms with van der Waals surface area (Å²) >= 11 is 0. The lowest BCUT2D eigenvalue weighted by molar-refractivity contribution is -0.112. The molecule has 0 saturated carbocycles. The lowest BCUT2D eigenvalue weighted by atomic mass is 10.1. The summed E-state index contributed by atoms with van der Waals surface area (Å²) in [5.41, 5.74) is 0. The Kier molecular flexibility index (Phi) is 2.10. The van der Waals surface area contributed by atoms with Crippen LogP contribution in [0.1, 0.15) is 20.3 Å². The van der Waals surface area contributed by atoms with E-state index in [-0.39, 0.29) is 5.78 Å². The maximum atomic E-state index is 10.6. The van der Waals surface area contributed by atoms with Gasteiger partial charge < -0.3 is 4.74 Å². The molecule has 0 amide bonds. The van der Waals surface area contributed by atoms with Crippen LogP contribution in [0.4, 0.5) is 0 Å². The molecular weight excluding hydrogens is 128 g/mol. The summed E-state index contributed by atoms with van der Waals surface area (Å²) in [6.07, 6.45) is 2.49. The van der Waals surface area contributed by atoms with E-state index in [2.05, 4.69) is 6.92 Å². The van der Waals surface area contributed by atoms with Crippen molar-refractivity contribution in [1.82, 2.24) is 0 Å². The first-order valence-corrected chi connectivity index (χ1v) is 3.52. The fourth-order valence-electron chi connectivity index (χ4n) is 1.04. The highest BCUT2D eigenvalue weighted by atomic mass is 16.5. The minimum absolute atomic E-state index is 0.0732. The number of hydrogen-bond acceptors (Lipinski definition) is 2. The van der Waals surface area contributed by atoms with E-state index in [4.69, 9.17) is 4.74 Å². The van der Waals surface area contributed by atoms with Crippen molar-refractivity contribution in [2.45, 2.75) is 20.3 Å². The van der Waals surface area contributed by atoms with Crippen LogP contribution in [0.15, 0.2) is 11.8 Å². The summed E-state index contributed by atoms with van der Waals surface area (Å²) in [6, 6.07) is 0. The van der Waals surface area contributed by atoms with Gasteiger partial charge in [0.15, 0.2) is 5.78 Å². The molecule has 1 atom stereocenters. The second kappa shape index (κ2) is 2.86. The van der Waals surface area contributed by atoms with Crippen LogP contribution in [0.3, 0.4) is 0 Å². The molecule has 0 aromatic heterocycles. The van der Waals surface area contributed by atoms with Crippen molar-refractivity contribution >= 4 is 5.78 Å². The molecule has 1 unspecified atom stereocenters. The molecule has 1 rings (SSSR count). The third-order valence-electron chi connectivity index (χ3n) is 1.47. The Balaban J connectivity index is 2.51. The summed E-state index contributed by atoms with van der Waals surface area (Å²) in [4.78, 5) is 10.6. The molecule has 0 aliphatic carbocycles. The second-order valence-corrected chi connectivity index (χ2v) is 2.84. The van der Waals surface area contributed by atoms with Gasteiger partial charge in [0, 0.05) is 12.5 Å². The highest BCUT2D eigenvalue weighted by Crippen LogP contribution is 2.21. The molecule has 0 aromatic carbocycles. The molecule has 1 fully saturated rings. The fourth-order valence-corrected chi connectivity index (χ4v) is 1.04. The van der Waals surface area contributed by atoms with Crippen molar-refractivity contribution in [3.05, 3.63) is 11.8 Å². The van der Waals surface area contributed by atoms with E-state index in [0.717, 1.165) is 18.8 Å². The van der Waals surface area contributed by atoms with Crippen LogP contribution >= 0.6 is 0 Å². The van der Waals surface area contributed by atoms with E-state index < -0.39 is 0 Å². The zero-order chi connectivity index (χ0) is 7.56. The third kappa shape index (κ3) is 1.87. The van der Waals surface area contributed by atoms with Crippen LogP contribution in [0, 0.1) is 5.92 Å². The Morgan fingerprint density at radius 3 is 2.90 bits per heavy atom. The highest BCUT2D eigenvalue weighted by molar-refractivity contribution is 5.87. The molecule has 0 radical (unpaired) electrons. The summed E-state index contributed by atoms with van der Waals surface area (Å²) in [7, 11) is 0. The van der Waals surface area contributed by atoms with Gasteiger partial charge in [-0.25, -0.2) is 0 Å². The Bertz CT molecular complexity index is 170. The number of allylic oxidation sites excluding steroid dienone is 2. The minimum Gasteiger partial charge on any atom is -0.498 e. The van der Waals surface area contributed by atoms with Crippen molar-refractivity contribution < 1.29 is 9.53 Å². The number of ketones is 1. The lowest BCUT2D eigenvalue weighted by Gasteiger charge is -1.93. The smallest absolute Gasteiger partial charge is 0.155 e. The van der Waals surface area contributed by atoms with Crippen LogP contribution in [0.5, 0.6) is 0 Å². The van der Waals surface area contributed by atoms with E-state index in [0.29, 0.717) is 5.92 Å². The molecule has 2 nitrogen and oxygen atoms in total. The van der Waals surface area contributed by atoms with Gasteiger partial charge in [-0.2, -0.15) is 0 Å². The van der Waals surface area contributed by atoms with Gasteiger partial charge in [0.05, 0.1) is 12.4 Å². The van der Waals surface area contributed by atoms with Crippen molar-refractivity contribution in [2.24, 2.45) is 5.92 Å². The Morgan fingerprint density at radius 1 is 1.80 bits per heavy atom. The molecule has 1 heterocycles. The van der Waals surface area contributed by atoms with Crippen molar-refractivity contribution in [3.63, 3.8) is 0 Å². The predicted octanol–water partition coefficient (Wildman–Crippen LogP) is 1.52. The molecule has 0 N–H and O–H groups in total. The quantitative estimate of drug-likeness (QED) is 0.516. The van der Waals surface area contributed by atoms with Gasteiger partial charge in [-0.05, 0) is 12.8 Å². The average Bonchev–Trinajstić information content (AvgIpc) is 2.13. The summed E-state index contributed by atoms with van der Waals surface area (Å²) in [5, 5.41) is 0. The van der Waals surface area contributed by atoms with E-state index >= 15 is 0 Å². The van der Waals surface area contributed by atoms with E-state index in [9.17, 15) is 4.79 Å². The van der Waals surface area contributed by atoms with Gasteiger partial charge in [-0.15, -0.1) is 0 Å². The molecule has 56 valence electrons. The summed E-state index contributed by atoms with van der Waals surface area (Å²) in [5.74, 6) is 1.50. The lowest BCUT2D eigenvalue weighted by Crippen LogP contribution is -1.88. The first-order chi connectivity index (χ1) is 4.68. The van der Waals surface area contributed by atoms with Crippen LogP contribution < -0.4 is 0 Å². The van der Waals surface area contributed by atoms with Gasteiger partial charge >= 0.3 is 0 Å². The zero-order valence-electron chi connectivity index (χ0n) is 6.39. The minimum atomic E-state index is 0.0732. The molecule has 1 aliphatic heterocycles. The number of hydrogen-bond donors (Lipinski definition) is 0. The largest absolute Gasteiger partial charge is 0.498 e. The molecule has 2 heteroatoms. The molecule has 0 spiro atoms. The molecular formula is C8H12O2. The monoisotopic (exact) mass is 140 g/mol. The topological polar surface area (TPSA) is 26.3 Å². The number of rotatable bonds is 1. The molecule has 0 bridgehead atoms. The number of carbonyl (C=O) groups is 1. The predicted molar refractivity (Wildman–Crippen MR) is 38.5 cm³/mol. The summed E-state index contributed by atoms with van der Waals surface area (Å²) < 4.78 is 5.22. The molecule has 10 heavy (non-hydrogen) atoms. The average molecular weight is 140 g/mol. The highest BCUT2D eigenvalue weighted by Gasteiger charge is 2.15. The Labute approximate surface area is 60.9 Å². The first kappa shape index (κ1) is 7.32. The Morgan fingerprint density at radius 2 is 2.50 bits per heavy atom. The van der Waals surface area contributed by atoms with Gasteiger partial charge in [0.2, 0.25) is 0 Å². The van der Waals surface area contributed by atoms with Crippen LogP contribution in [-0.4, -0.2) is 12.4 Å². The number of carbonyl (C=O) groups excluding carboxylic acids is 1. The van der Waals surface area contributed by atoms with Crippen molar-refractivity contribution in [1.29, 1.82) is 0 Å². The molecule has 1 saturated heterocycles. The maximum Gasteiger partial charge on any atom is 0.155 e.